The minimum Gasteiger partial charge on any atom is -0.429 e. The molecule has 0 aliphatic rings. The molecule has 2 rings (SSSR count). The van der Waals surface area contributed by atoms with Crippen LogP contribution in [0.25, 0.3) is 0 Å². The topological polar surface area (TPSA) is 90.2 Å². The molecule has 1 heterocycles. The number of benzene rings is 1. The molecular weight excluding hydrogens is 279 g/mol. The van der Waals surface area contributed by atoms with E-state index in [-0.39, 0.29) is 23.3 Å². The van der Waals surface area contributed by atoms with Crippen LogP contribution in [0.15, 0.2) is 24.4 Å². The maximum atomic E-state index is 13.7. The number of aromatic nitrogens is 2. The second kappa shape index (κ2) is 6.12. The Labute approximate surface area is 120 Å². The van der Waals surface area contributed by atoms with Crippen LogP contribution in [0, 0.1) is 22.9 Å². The minimum absolute atomic E-state index is 0.0694. The largest absolute Gasteiger partial charge is 0.429 e. The Bertz CT molecular complexity index is 678. The molecule has 1 N–H and O–H groups in total. The van der Waals surface area contributed by atoms with Crippen LogP contribution >= 0.6 is 0 Å². The molecule has 8 heteroatoms. The maximum absolute atomic E-state index is 13.7. The van der Waals surface area contributed by atoms with E-state index in [1.54, 1.807) is 13.0 Å². The molecule has 2 aromatic rings. The molecule has 0 saturated carbocycles. The summed E-state index contributed by atoms with van der Waals surface area (Å²) in [7, 11) is 0. The van der Waals surface area contributed by atoms with Gasteiger partial charge in [-0.1, -0.05) is 6.07 Å². The van der Waals surface area contributed by atoms with Crippen LogP contribution in [0.4, 0.5) is 16.0 Å². The molecule has 0 aliphatic carbocycles. The van der Waals surface area contributed by atoms with E-state index >= 15 is 0 Å². The van der Waals surface area contributed by atoms with Crippen molar-refractivity contribution in [1.29, 1.82) is 0 Å². The number of nitrogens with zero attached hydrogens (tertiary/aromatic N) is 3. The summed E-state index contributed by atoms with van der Waals surface area (Å²) in [6.45, 7) is 4.13. The quantitative estimate of drug-likeness (QED) is 0.672. The SMILES string of the molecule is CCNc1ncc(F)c(Oc2cc(C)ccc2[N+](=O)[O-])n1. The lowest BCUT2D eigenvalue weighted by molar-refractivity contribution is -0.385. The number of anilines is 1. The molecule has 1 aromatic heterocycles. The highest BCUT2D eigenvalue weighted by Gasteiger charge is 2.18. The van der Waals surface area contributed by atoms with Crippen LogP contribution in [0.2, 0.25) is 0 Å². The van der Waals surface area contributed by atoms with Gasteiger partial charge in [-0.05, 0) is 25.5 Å². The predicted molar refractivity (Wildman–Crippen MR) is 74.1 cm³/mol. The van der Waals surface area contributed by atoms with Gasteiger partial charge in [-0.3, -0.25) is 10.1 Å². The summed E-state index contributed by atoms with van der Waals surface area (Å²) < 4.78 is 18.9. The Morgan fingerprint density at radius 1 is 1.48 bits per heavy atom. The standard InChI is InChI=1S/C13H13FN4O3/c1-3-15-13-16-7-9(14)12(17-13)21-11-6-8(2)4-5-10(11)18(19)20/h4-7H,3H2,1-2H3,(H,15,16,17). The van der Waals surface area contributed by atoms with Crippen LogP contribution in [-0.2, 0) is 0 Å². The first-order chi connectivity index (χ1) is 10.0. The van der Waals surface area contributed by atoms with Gasteiger partial charge in [0, 0.05) is 12.6 Å². The van der Waals surface area contributed by atoms with E-state index in [2.05, 4.69) is 15.3 Å². The Morgan fingerprint density at radius 3 is 2.90 bits per heavy atom. The van der Waals surface area contributed by atoms with E-state index in [1.165, 1.54) is 12.1 Å². The number of hydrogen-bond donors (Lipinski definition) is 1. The van der Waals surface area contributed by atoms with Gasteiger partial charge in [0.15, 0.2) is 0 Å². The van der Waals surface area contributed by atoms with E-state index in [9.17, 15) is 14.5 Å². The minimum atomic E-state index is -0.799. The molecule has 0 atom stereocenters. The summed E-state index contributed by atoms with van der Waals surface area (Å²) in [6, 6.07) is 4.33. The van der Waals surface area contributed by atoms with Gasteiger partial charge in [-0.2, -0.15) is 9.37 Å². The van der Waals surface area contributed by atoms with Crippen molar-refractivity contribution < 1.29 is 14.1 Å². The van der Waals surface area contributed by atoms with Gasteiger partial charge in [0.05, 0.1) is 11.1 Å². The van der Waals surface area contributed by atoms with Crippen LogP contribution < -0.4 is 10.1 Å². The summed E-state index contributed by atoms with van der Waals surface area (Å²) in [5, 5.41) is 13.8. The van der Waals surface area contributed by atoms with Crippen molar-refractivity contribution in [2.24, 2.45) is 0 Å². The average Bonchev–Trinajstić information content (AvgIpc) is 2.42. The molecule has 0 saturated heterocycles. The zero-order valence-electron chi connectivity index (χ0n) is 11.5. The number of nitrogens with one attached hydrogen (secondary N) is 1. The molecule has 7 nitrogen and oxygen atoms in total. The molecule has 110 valence electrons. The van der Waals surface area contributed by atoms with Gasteiger partial charge in [-0.15, -0.1) is 0 Å². The van der Waals surface area contributed by atoms with Crippen LogP contribution in [0.3, 0.4) is 0 Å². The highest BCUT2D eigenvalue weighted by Crippen LogP contribution is 2.32. The first-order valence-electron chi connectivity index (χ1n) is 6.20. The van der Waals surface area contributed by atoms with Crippen molar-refractivity contribution in [3.05, 3.63) is 45.9 Å². The predicted octanol–water partition coefficient (Wildman–Crippen LogP) is 3.06. The normalized spacial score (nSPS) is 10.2. The van der Waals surface area contributed by atoms with Gasteiger partial charge in [0.25, 0.3) is 5.88 Å². The lowest BCUT2D eigenvalue weighted by Gasteiger charge is -2.08. The van der Waals surface area contributed by atoms with Crippen molar-refractivity contribution in [1.82, 2.24) is 9.97 Å². The summed E-state index contributed by atoms with van der Waals surface area (Å²) in [6.07, 6.45) is 0.946. The van der Waals surface area contributed by atoms with Gasteiger partial charge < -0.3 is 10.1 Å². The molecule has 0 fully saturated rings. The molecule has 0 unspecified atom stereocenters. The van der Waals surface area contributed by atoms with E-state index < -0.39 is 10.7 Å². The highest BCUT2D eigenvalue weighted by atomic mass is 19.1. The van der Waals surface area contributed by atoms with Crippen LogP contribution in [0.5, 0.6) is 11.6 Å². The number of ether oxygens (including phenoxy) is 1. The fraction of sp³-hybridized carbons (Fsp3) is 0.231. The zero-order valence-corrected chi connectivity index (χ0v) is 11.5. The Morgan fingerprint density at radius 2 is 2.24 bits per heavy atom. The lowest BCUT2D eigenvalue weighted by atomic mass is 10.2. The van der Waals surface area contributed by atoms with Crippen LogP contribution in [0.1, 0.15) is 12.5 Å². The number of aryl methyl sites for hydroxylation is 1. The Balaban J connectivity index is 2.39. The van der Waals surface area contributed by atoms with E-state index in [4.69, 9.17) is 4.74 Å². The number of nitro benzene ring substituents is 1. The van der Waals surface area contributed by atoms with Crippen molar-refractivity contribution >= 4 is 11.6 Å². The second-order valence-electron chi connectivity index (χ2n) is 4.21. The molecule has 1 aromatic carbocycles. The Hall–Kier alpha value is -2.77. The van der Waals surface area contributed by atoms with E-state index in [0.29, 0.717) is 6.54 Å². The molecule has 0 radical (unpaired) electrons. The molecule has 0 spiro atoms. The maximum Gasteiger partial charge on any atom is 0.311 e. The Kier molecular flexibility index (Phi) is 4.27. The van der Waals surface area contributed by atoms with Crippen LogP contribution in [-0.4, -0.2) is 21.4 Å². The molecule has 21 heavy (non-hydrogen) atoms. The van der Waals surface area contributed by atoms with Gasteiger partial charge in [-0.25, -0.2) is 4.98 Å². The van der Waals surface area contributed by atoms with E-state index in [0.717, 1.165) is 11.8 Å². The molecule has 0 aliphatic heterocycles. The second-order valence-corrected chi connectivity index (χ2v) is 4.21. The molecule has 0 amide bonds. The van der Waals surface area contributed by atoms with Gasteiger partial charge in [0.1, 0.15) is 0 Å². The molecule has 0 bridgehead atoms. The highest BCUT2D eigenvalue weighted by molar-refractivity contribution is 5.50. The summed E-state index contributed by atoms with van der Waals surface area (Å²) in [5.41, 5.74) is 0.487. The fourth-order valence-corrected chi connectivity index (χ4v) is 1.62. The third kappa shape index (κ3) is 3.41. The van der Waals surface area contributed by atoms with Crippen molar-refractivity contribution in [3.63, 3.8) is 0 Å². The molecular formula is C13H13FN4O3. The van der Waals surface area contributed by atoms with Crippen molar-refractivity contribution in [3.8, 4) is 11.6 Å². The van der Waals surface area contributed by atoms with Crippen molar-refractivity contribution in [2.45, 2.75) is 13.8 Å². The third-order valence-electron chi connectivity index (χ3n) is 2.57. The summed E-state index contributed by atoms with van der Waals surface area (Å²) >= 11 is 0. The summed E-state index contributed by atoms with van der Waals surface area (Å²) in [5.74, 6) is -1.05. The van der Waals surface area contributed by atoms with Gasteiger partial charge >= 0.3 is 5.69 Å². The first-order valence-corrected chi connectivity index (χ1v) is 6.20. The third-order valence-corrected chi connectivity index (χ3v) is 2.57. The number of rotatable bonds is 5. The lowest BCUT2D eigenvalue weighted by Crippen LogP contribution is -2.04. The zero-order chi connectivity index (χ0) is 15.4. The smallest absolute Gasteiger partial charge is 0.311 e. The number of hydrogen-bond acceptors (Lipinski definition) is 6. The van der Waals surface area contributed by atoms with E-state index in [1.807, 2.05) is 6.92 Å². The van der Waals surface area contributed by atoms with Gasteiger partial charge in [0.2, 0.25) is 17.5 Å². The monoisotopic (exact) mass is 292 g/mol. The first kappa shape index (κ1) is 14.6. The number of halogens is 1. The number of nitro groups is 1. The summed E-state index contributed by atoms with van der Waals surface area (Å²) in [4.78, 5) is 17.9. The fourth-order valence-electron chi connectivity index (χ4n) is 1.62. The van der Waals surface area contributed by atoms with Crippen molar-refractivity contribution in [2.75, 3.05) is 11.9 Å². The average molecular weight is 292 g/mol.